The molecule has 0 fully saturated rings. The molecule has 1 atom stereocenters. The van der Waals surface area contributed by atoms with Gasteiger partial charge < -0.3 is 9.09 Å². The second-order valence-electron chi connectivity index (χ2n) is 6.70. The summed E-state index contributed by atoms with van der Waals surface area (Å²) in [5, 5.41) is 4.10. The van der Waals surface area contributed by atoms with Crippen molar-refractivity contribution in [3.63, 3.8) is 0 Å². The number of hydrogen-bond acceptors (Lipinski definition) is 5. The van der Waals surface area contributed by atoms with Gasteiger partial charge in [-0.25, -0.2) is 13.1 Å². The topological polar surface area (TPSA) is 80.4 Å². The molecule has 3 rings (SSSR count). The molecular weight excluding hydrogens is 340 g/mol. The molecule has 138 valence electrons. The van der Waals surface area contributed by atoms with Crippen molar-refractivity contribution in [3.8, 4) is 0 Å². The van der Waals surface area contributed by atoms with Gasteiger partial charge in [0.05, 0.1) is 11.4 Å². The molecule has 0 amide bonds. The number of hydrogen-bond donors (Lipinski definition) is 1. The van der Waals surface area contributed by atoms with Crippen molar-refractivity contribution >= 4 is 10.0 Å². The highest BCUT2D eigenvalue weighted by Gasteiger charge is 2.22. The van der Waals surface area contributed by atoms with E-state index in [1.165, 1.54) is 5.69 Å². The van der Waals surface area contributed by atoms with Crippen LogP contribution in [-0.4, -0.2) is 41.9 Å². The summed E-state index contributed by atoms with van der Waals surface area (Å²) >= 11 is 0. The van der Waals surface area contributed by atoms with Crippen LogP contribution in [-0.2, 0) is 29.7 Å². The third-order valence-corrected chi connectivity index (χ3v) is 6.00. The van der Waals surface area contributed by atoms with Crippen molar-refractivity contribution < 1.29 is 12.9 Å². The van der Waals surface area contributed by atoms with Crippen molar-refractivity contribution in [2.75, 3.05) is 18.8 Å². The first-order chi connectivity index (χ1) is 11.9. The molecule has 2 aromatic heterocycles. The molecule has 0 aliphatic carbocycles. The van der Waals surface area contributed by atoms with Crippen LogP contribution in [0.1, 0.15) is 30.5 Å². The van der Waals surface area contributed by atoms with E-state index in [-0.39, 0.29) is 5.75 Å². The maximum atomic E-state index is 11.6. The van der Waals surface area contributed by atoms with E-state index in [1.54, 1.807) is 6.92 Å². The summed E-state index contributed by atoms with van der Waals surface area (Å²) in [6.45, 7) is 7.44. The molecule has 8 heteroatoms. The lowest BCUT2D eigenvalue weighted by Gasteiger charge is -2.23. The molecule has 7 nitrogen and oxygen atoms in total. The predicted molar refractivity (Wildman–Crippen MR) is 95.4 cm³/mol. The monoisotopic (exact) mass is 366 g/mol. The van der Waals surface area contributed by atoms with Gasteiger partial charge in [0.25, 0.3) is 0 Å². The highest BCUT2D eigenvalue weighted by molar-refractivity contribution is 7.89. The second kappa shape index (κ2) is 7.72. The molecule has 0 spiro atoms. The third-order valence-electron chi connectivity index (χ3n) is 4.60. The zero-order valence-corrected chi connectivity index (χ0v) is 15.6. The zero-order valence-electron chi connectivity index (χ0n) is 14.8. The van der Waals surface area contributed by atoms with Crippen LogP contribution in [0.3, 0.4) is 0 Å². The van der Waals surface area contributed by atoms with Gasteiger partial charge in [0.2, 0.25) is 10.0 Å². The van der Waals surface area contributed by atoms with E-state index < -0.39 is 10.0 Å². The summed E-state index contributed by atoms with van der Waals surface area (Å²) in [4.78, 5) is 2.36. The molecule has 1 aliphatic heterocycles. The Morgan fingerprint density at radius 3 is 2.96 bits per heavy atom. The molecule has 2 aromatic rings. The van der Waals surface area contributed by atoms with Gasteiger partial charge in [0, 0.05) is 50.7 Å². The largest absolute Gasteiger partial charge is 0.361 e. The SMILES string of the molecule is CCS(=O)(=O)NCC[C@@H]1CN(Cc2cc(C)on2)Cc2cccn2C1. The fourth-order valence-electron chi connectivity index (χ4n) is 3.31. The fraction of sp³-hybridized carbons (Fsp3) is 0.588. The van der Waals surface area contributed by atoms with Crippen molar-refractivity contribution in [3.05, 3.63) is 41.5 Å². The van der Waals surface area contributed by atoms with Crippen LogP contribution in [0, 0.1) is 12.8 Å². The molecule has 0 saturated heterocycles. The summed E-state index contributed by atoms with van der Waals surface area (Å²) in [6, 6.07) is 6.17. The van der Waals surface area contributed by atoms with Crippen molar-refractivity contribution in [1.29, 1.82) is 0 Å². The molecule has 25 heavy (non-hydrogen) atoms. The van der Waals surface area contributed by atoms with Gasteiger partial charge in [-0.1, -0.05) is 5.16 Å². The van der Waals surface area contributed by atoms with E-state index in [0.717, 1.165) is 44.1 Å². The summed E-state index contributed by atoms with van der Waals surface area (Å²) in [7, 11) is -3.13. The number of fused-ring (bicyclic) bond motifs is 1. The van der Waals surface area contributed by atoms with Crippen LogP contribution in [0.4, 0.5) is 0 Å². The summed E-state index contributed by atoms with van der Waals surface area (Å²) in [5.74, 6) is 1.32. The Labute approximate surface area is 149 Å². The van der Waals surface area contributed by atoms with E-state index in [4.69, 9.17) is 4.52 Å². The second-order valence-corrected chi connectivity index (χ2v) is 8.80. The minimum atomic E-state index is -3.13. The van der Waals surface area contributed by atoms with Gasteiger partial charge in [-0.2, -0.15) is 0 Å². The Bertz CT molecular complexity index is 796. The number of aromatic nitrogens is 2. The van der Waals surface area contributed by atoms with Crippen molar-refractivity contribution in [1.82, 2.24) is 19.3 Å². The maximum Gasteiger partial charge on any atom is 0.211 e. The van der Waals surface area contributed by atoms with Gasteiger partial charge in [0.15, 0.2) is 0 Å². The highest BCUT2D eigenvalue weighted by atomic mass is 32.2. The summed E-state index contributed by atoms with van der Waals surface area (Å²) < 4.78 is 33.4. The quantitative estimate of drug-likeness (QED) is 0.807. The Balaban J connectivity index is 1.66. The van der Waals surface area contributed by atoms with E-state index in [2.05, 4.69) is 37.7 Å². The van der Waals surface area contributed by atoms with E-state index in [1.807, 2.05) is 13.0 Å². The van der Waals surface area contributed by atoms with Crippen LogP contribution in [0.15, 0.2) is 28.9 Å². The Kier molecular flexibility index (Phi) is 5.61. The van der Waals surface area contributed by atoms with Gasteiger partial charge >= 0.3 is 0 Å². The zero-order chi connectivity index (χ0) is 17.9. The van der Waals surface area contributed by atoms with E-state index >= 15 is 0 Å². The fourth-order valence-corrected chi connectivity index (χ4v) is 3.94. The Hall–Kier alpha value is -1.64. The predicted octanol–water partition coefficient (Wildman–Crippen LogP) is 1.75. The normalized spacial score (nSPS) is 18.9. The number of aryl methyl sites for hydroxylation is 1. The lowest BCUT2D eigenvalue weighted by atomic mass is 10.1. The number of nitrogens with one attached hydrogen (secondary N) is 1. The maximum absolute atomic E-state index is 11.6. The number of sulfonamides is 1. The molecule has 0 unspecified atom stereocenters. The Morgan fingerprint density at radius 1 is 1.40 bits per heavy atom. The van der Waals surface area contributed by atoms with Crippen LogP contribution in [0.5, 0.6) is 0 Å². The van der Waals surface area contributed by atoms with Crippen molar-refractivity contribution in [2.24, 2.45) is 5.92 Å². The first-order valence-electron chi connectivity index (χ1n) is 8.71. The van der Waals surface area contributed by atoms with E-state index in [9.17, 15) is 8.42 Å². The molecule has 1 aliphatic rings. The van der Waals surface area contributed by atoms with Gasteiger partial charge in [-0.3, -0.25) is 4.90 Å². The molecule has 3 heterocycles. The average molecular weight is 366 g/mol. The highest BCUT2D eigenvalue weighted by Crippen LogP contribution is 2.21. The molecule has 0 bridgehead atoms. The van der Waals surface area contributed by atoms with Crippen molar-refractivity contribution in [2.45, 2.75) is 39.9 Å². The van der Waals surface area contributed by atoms with Gasteiger partial charge in [-0.05, 0) is 38.3 Å². The average Bonchev–Trinajstić information content (AvgIpc) is 3.12. The third kappa shape index (κ3) is 4.93. The van der Waals surface area contributed by atoms with Gasteiger partial charge in [0.1, 0.15) is 5.76 Å². The molecule has 0 aromatic carbocycles. The number of rotatable bonds is 7. The Morgan fingerprint density at radius 2 is 2.24 bits per heavy atom. The van der Waals surface area contributed by atoms with Crippen LogP contribution in [0.25, 0.3) is 0 Å². The molecule has 0 radical (unpaired) electrons. The van der Waals surface area contributed by atoms with Crippen LogP contribution in [0.2, 0.25) is 0 Å². The minimum absolute atomic E-state index is 0.122. The smallest absolute Gasteiger partial charge is 0.211 e. The lowest BCUT2D eigenvalue weighted by molar-refractivity contribution is 0.210. The van der Waals surface area contributed by atoms with Crippen LogP contribution < -0.4 is 4.72 Å². The number of nitrogens with zero attached hydrogens (tertiary/aromatic N) is 3. The molecule has 0 saturated carbocycles. The summed E-state index contributed by atoms with van der Waals surface area (Å²) in [6.07, 6.45) is 2.91. The standard InChI is InChI=1S/C17H26N4O3S/c1-3-25(22,23)18-7-6-15-10-20(12-16-9-14(2)24-19-16)13-17-5-4-8-21(17)11-15/h4-5,8-9,15,18H,3,6-7,10-13H2,1-2H3/t15-/m1/s1. The first-order valence-corrected chi connectivity index (χ1v) is 10.4. The summed E-state index contributed by atoms with van der Waals surface area (Å²) in [5.41, 5.74) is 2.21. The molecule has 1 N–H and O–H groups in total. The van der Waals surface area contributed by atoms with Gasteiger partial charge in [-0.15, -0.1) is 0 Å². The molecular formula is C17H26N4O3S. The lowest BCUT2D eigenvalue weighted by Crippen LogP contribution is -2.32. The first kappa shape index (κ1) is 18.2. The van der Waals surface area contributed by atoms with E-state index in [0.29, 0.717) is 12.5 Å². The minimum Gasteiger partial charge on any atom is -0.361 e. The van der Waals surface area contributed by atoms with Crippen LogP contribution >= 0.6 is 0 Å².